The van der Waals surface area contributed by atoms with E-state index in [2.05, 4.69) is 19.9 Å². The molecule has 1 atom stereocenters. The molecule has 1 N–H and O–H groups in total. The third-order valence-corrected chi connectivity index (χ3v) is 5.31. The summed E-state index contributed by atoms with van der Waals surface area (Å²) in [5.41, 5.74) is 4.22. The van der Waals surface area contributed by atoms with Crippen LogP contribution in [-0.2, 0) is 4.74 Å². The van der Waals surface area contributed by atoms with Gasteiger partial charge in [-0.15, -0.1) is 0 Å². The van der Waals surface area contributed by atoms with Crippen molar-refractivity contribution in [1.82, 2.24) is 19.5 Å². The first-order valence-electron chi connectivity index (χ1n) is 10.1. The van der Waals surface area contributed by atoms with Crippen LogP contribution < -0.4 is 10.1 Å². The molecule has 152 valence electrons. The van der Waals surface area contributed by atoms with Crippen LogP contribution in [0.1, 0.15) is 25.5 Å². The molecule has 0 aliphatic carbocycles. The number of para-hydroxylation sites is 1. The van der Waals surface area contributed by atoms with E-state index in [0.717, 1.165) is 59.7 Å². The van der Waals surface area contributed by atoms with Gasteiger partial charge < -0.3 is 14.8 Å². The average Bonchev–Trinajstić information content (AvgIpc) is 3.18. The van der Waals surface area contributed by atoms with Crippen molar-refractivity contribution in [3.05, 3.63) is 60.9 Å². The number of hydrogen-bond acceptors (Lipinski definition) is 6. The first-order valence-corrected chi connectivity index (χ1v) is 10.1. The Morgan fingerprint density at radius 1 is 1.03 bits per heavy atom. The molecule has 1 aliphatic rings. The Labute approximate surface area is 174 Å². The number of hydrogen-bond donors (Lipinski definition) is 1. The van der Waals surface area contributed by atoms with Gasteiger partial charge in [-0.3, -0.25) is 4.57 Å². The SMILES string of the molecule is COc1ccc(-c2ncnc3c2nc(Nc2ccccc2)n3C2CCCCO2)cc1. The van der Waals surface area contributed by atoms with Crippen LogP contribution >= 0.6 is 0 Å². The minimum atomic E-state index is -0.103. The first kappa shape index (κ1) is 18.6. The highest BCUT2D eigenvalue weighted by Gasteiger charge is 2.25. The minimum absolute atomic E-state index is 0.103. The van der Waals surface area contributed by atoms with Crippen LogP contribution in [0.25, 0.3) is 22.4 Å². The van der Waals surface area contributed by atoms with Crippen molar-refractivity contribution >= 4 is 22.8 Å². The fourth-order valence-electron chi connectivity index (χ4n) is 3.81. The maximum absolute atomic E-state index is 6.09. The highest BCUT2D eigenvalue weighted by molar-refractivity contribution is 5.89. The Morgan fingerprint density at radius 2 is 1.87 bits per heavy atom. The van der Waals surface area contributed by atoms with E-state index in [4.69, 9.17) is 14.5 Å². The van der Waals surface area contributed by atoms with E-state index in [0.29, 0.717) is 5.95 Å². The highest BCUT2D eigenvalue weighted by atomic mass is 16.5. The number of nitrogens with zero attached hydrogens (tertiary/aromatic N) is 4. The van der Waals surface area contributed by atoms with E-state index >= 15 is 0 Å². The van der Waals surface area contributed by atoms with Crippen LogP contribution in [0.3, 0.4) is 0 Å². The number of aromatic nitrogens is 4. The van der Waals surface area contributed by atoms with Crippen LogP contribution in [0.5, 0.6) is 5.75 Å². The molecule has 7 nitrogen and oxygen atoms in total. The monoisotopic (exact) mass is 401 g/mol. The molecule has 4 aromatic rings. The van der Waals surface area contributed by atoms with Crippen molar-refractivity contribution in [3.8, 4) is 17.0 Å². The van der Waals surface area contributed by atoms with Gasteiger partial charge in [0.1, 0.15) is 29.5 Å². The predicted octanol–water partition coefficient (Wildman–Crippen LogP) is 4.94. The van der Waals surface area contributed by atoms with Crippen molar-refractivity contribution < 1.29 is 9.47 Å². The number of benzene rings is 2. The Bertz CT molecular complexity index is 1140. The molecule has 7 heteroatoms. The van der Waals surface area contributed by atoms with Gasteiger partial charge in [0.15, 0.2) is 5.65 Å². The molecule has 2 aromatic carbocycles. The minimum Gasteiger partial charge on any atom is -0.497 e. The Hall–Kier alpha value is -3.45. The number of fused-ring (bicyclic) bond motifs is 1. The number of methoxy groups -OCH3 is 1. The van der Waals surface area contributed by atoms with Crippen molar-refractivity contribution in [2.75, 3.05) is 19.0 Å². The van der Waals surface area contributed by atoms with E-state index in [1.807, 2.05) is 54.6 Å². The van der Waals surface area contributed by atoms with Gasteiger partial charge in [0, 0.05) is 17.9 Å². The van der Waals surface area contributed by atoms with Gasteiger partial charge in [-0.2, -0.15) is 0 Å². The molecule has 0 bridgehead atoms. The third-order valence-electron chi connectivity index (χ3n) is 5.31. The molecular formula is C23H23N5O2. The predicted molar refractivity (Wildman–Crippen MR) is 116 cm³/mol. The molecule has 1 aliphatic heterocycles. The smallest absolute Gasteiger partial charge is 0.211 e. The second kappa shape index (κ2) is 8.12. The van der Waals surface area contributed by atoms with E-state index < -0.39 is 0 Å². The molecule has 1 unspecified atom stereocenters. The van der Waals surface area contributed by atoms with E-state index in [-0.39, 0.29) is 6.23 Å². The van der Waals surface area contributed by atoms with E-state index in [1.54, 1.807) is 13.4 Å². The molecular weight excluding hydrogens is 378 g/mol. The normalized spacial score (nSPS) is 16.5. The lowest BCUT2D eigenvalue weighted by Crippen LogP contribution is -2.19. The topological polar surface area (TPSA) is 74.1 Å². The van der Waals surface area contributed by atoms with Crippen LogP contribution in [0, 0.1) is 0 Å². The fourth-order valence-corrected chi connectivity index (χ4v) is 3.81. The molecule has 2 aromatic heterocycles. The molecule has 0 saturated carbocycles. The lowest BCUT2D eigenvalue weighted by atomic mass is 10.1. The van der Waals surface area contributed by atoms with Gasteiger partial charge >= 0.3 is 0 Å². The molecule has 0 radical (unpaired) electrons. The van der Waals surface area contributed by atoms with Gasteiger partial charge in [0.25, 0.3) is 0 Å². The van der Waals surface area contributed by atoms with Crippen molar-refractivity contribution in [2.24, 2.45) is 0 Å². The second-order valence-electron chi connectivity index (χ2n) is 7.24. The van der Waals surface area contributed by atoms with Gasteiger partial charge in [-0.05, 0) is 55.7 Å². The zero-order chi connectivity index (χ0) is 20.3. The number of anilines is 2. The van der Waals surface area contributed by atoms with Crippen LogP contribution in [0.4, 0.5) is 11.6 Å². The Kier molecular flexibility index (Phi) is 5.03. The standard InChI is InChI=1S/C23H23N5O2/c1-29-18-12-10-16(11-13-18)20-21-22(25-15-24-20)28(19-9-5-6-14-30-19)23(27-21)26-17-7-3-2-4-8-17/h2-4,7-8,10-13,15,19H,5-6,9,14H2,1H3,(H,26,27). The molecule has 0 spiro atoms. The van der Waals surface area contributed by atoms with Gasteiger partial charge in [0.2, 0.25) is 5.95 Å². The van der Waals surface area contributed by atoms with Crippen LogP contribution in [0.15, 0.2) is 60.9 Å². The van der Waals surface area contributed by atoms with Crippen molar-refractivity contribution in [3.63, 3.8) is 0 Å². The Morgan fingerprint density at radius 3 is 2.60 bits per heavy atom. The summed E-state index contributed by atoms with van der Waals surface area (Å²) >= 11 is 0. The molecule has 1 fully saturated rings. The quantitative estimate of drug-likeness (QED) is 0.510. The summed E-state index contributed by atoms with van der Waals surface area (Å²) in [6, 6.07) is 17.8. The summed E-state index contributed by atoms with van der Waals surface area (Å²) in [6.07, 6.45) is 4.61. The van der Waals surface area contributed by atoms with E-state index in [9.17, 15) is 0 Å². The summed E-state index contributed by atoms with van der Waals surface area (Å²) in [5.74, 6) is 1.51. The maximum Gasteiger partial charge on any atom is 0.211 e. The number of rotatable bonds is 5. The molecule has 5 rings (SSSR count). The number of nitrogens with one attached hydrogen (secondary N) is 1. The second-order valence-corrected chi connectivity index (χ2v) is 7.24. The summed E-state index contributed by atoms with van der Waals surface area (Å²) in [5, 5.41) is 3.44. The average molecular weight is 401 g/mol. The fraction of sp³-hybridized carbons (Fsp3) is 0.261. The Balaban J connectivity index is 1.65. The van der Waals surface area contributed by atoms with Crippen molar-refractivity contribution in [2.45, 2.75) is 25.5 Å². The maximum atomic E-state index is 6.09. The van der Waals surface area contributed by atoms with Crippen LogP contribution in [0.2, 0.25) is 0 Å². The lowest BCUT2D eigenvalue weighted by molar-refractivity contribution is -0.0284. The van der Waals surface area contributed by atoms with E-state index in [1.165, 1.54) is 0 Å². The van der Waals surface area contributed by atoms with Gasteiger partial charge in [0.05, 0.1) is 7.11 Å². The number of imidazole rings is 1. The van der Waals surface area contributed by atoms with Gasteiger partial charge in [-0.25, -0.2) is 15.0 Å². The highest BCUT2D eigenvalue weighted by Crippen LogP contribution is 2.34. The summed E-state index contributed by atoms with van der Waals surface area (Å²) in [7, 11) is 1.66. The molecule has 0 amide bonds. The summed E-state index contributed by atoms with van der Waals surface area (Å²) in [6.45, 7) is 0.742. The first-order chi connectivity index (χ1) is 14.8. The largest absolute Gasteiger partial charge is 0.497 e. The molecule has 30 heavy (non-hydrogen) atoms. The molecule has 1 saturated heterocycles. The zero-order valence-electron chi connectivity index (χ0n) is 16.8. The van der Waals surface area contributed by atoms with Crippen molar-refractivity contribution in [1.29, 1.82) is 0 Å². The van der Waals surface area contributed by atoms with Gasteiger partial charge in [-0.1, -0.05) is 18.2 Å². The summed E-state index contributed by atoms with van der Waals surface area (Å²) < 4.78 is 13.4. The lowest BCUT2D eigenvalue weighted by Gasteiger charge is -2.25. The summed E-state index contributed by atoms with van der Waals surface area (Å²) in [4.78, 5) is 14.0. The van der Waals surface area contributed by atoms with Crippen LogP contribution in [-0.4, -0.2) is 33.2 Å². The zero-order valence-corrected chi connectivity index (χ0v) is 16.8. The molecule has 3 heterocycles. The number of ether oxygens (including phenoxy) is 2. The third kappa shape index (κ3) is 3.48.